The van der Waals surface area contributed by atoms with Gasteiger partial charge in [-0.3, -0.25) is 9.89 Å². The molecule has 1 amide bonds. The van der Waals surface area contributed by atoms with Crippen molar-refractivity contribution in [2.75, 3.05) is 11.9 Å². The van der Waals surface area contributed by atoms with E-state index in [0.29, 0.717) is 6.54 Å². The highest BCUT2D eigenvalue weighted by molar-refractivity contribution is 5.93. The van der Waals surface area contributed by atoms with Gasteiger partial charge < -0.3 is 11.1 Å². The largest absolute Gasteiger partial charge is 0.330 e. The molecule has 0 saturated carbocycles. The summed E-state index contributed by atoms with van der Waals surface area (Å²) >= 11 is 0. The first-order chi connectivity index (χ1) is 7.47. The predicted octanol–water partition coefficient (Wildman–Crippen LogP) is 1.20. The molecule has 16 heavy (non-hydrogen) atoms. The summed E-state index contributed by atoms with van der Waals surface area (Å²) in [6, 6.07) is 0. The quantitative estimate of drug-likeness (QED) is 0.718. The van der Waals surface area contributed by atoms with E-state index in [9.17, 15) is 4.79 Å². The number of nitrogens with two attached hydrogens (primary N) is 1. The smallest absolute Gasteiger partial charge is 0.229 e. The Morgan fingerprint density at radius 2 is 2.12 bits per heavy atom. The number of aromatic nitrogens is 2. The maximum absolute atomic E-state index is 12.0. The number of nitrogens with zero attached hydrogens (tertiary/aromatic N) is 1. The number of hydrogen-bond donors (Lipinski definition) is 3. The van der Waals surface area contributed by atoms with Crippen molar-refractivity contribution in [3.63, 3.8) is 0 Å². The Morgan fingerprint density at radius 1 is 1.50 bits per heavy atom. The summed E-state index contributed by atoms with van der Waals surface area (Å²) in [6.45, 7) is 8.08. The molecule has 0 fully saturated rings. The molecule has 1 heterocycles. The molecule has 0 radical (unpaired) electrons. The molecule has 0 aliphatic carbocycles. The van der Waals surface area contributed by atoms with Crippen molar-refractivity contribution in [1.82, 2.24) is 10.2 Å². The molecule has 5 nitrogen and oxygen atoms in total. The number of aromatic amines is 1. The Morgan fingerprint density at radius 3 is 2.50 bits per heavy atom. The predicted molar refractivity (Wildman–Crippen MR) is 64.1 cm³/mol. The number of aryl methyl sites for hydroxylation is 2. The first kappa shape index (κ1) is 12.7. The zero-order valence-corrected chi connectivity index (χ0v) is 10.3. The number of carbonyl (C=O) groups excluding carboxylic acids is 1. The number of carbonyl (C=O) groups is 1. The molecule has 0 spiro atoms. The van der Waals surface area contributed by atoms with Gasteiger partial charge in [0, 0.05) is 6.54 Å². The van der Waals surface area contributed by atoms with E-state index < -0.39 is 0 Å². The zero-order chi connectivity index (χ0) is 12.3. The monoisotopic (exact) mass is 224 g/mol. The molecule has 1 unspecified atom stereocenters. The van der Waals surface area contributed by atoms with E-state index in [-0.39, 0.29) is 17.7 Å². The normalized spacial score (nSPS) is 12.9. The molecule has 0 bridgehead atoms. The minimum Gasteiger partial charge on any atom is -0.330 e. The summed E-state index contributed by atoms with van der Waals surface area (Å²) < 4.78 is 0. The van der Waals surface area contributed by atoms with Crippen molar-refractivity contribution in [3.05, 3.63) is 11.4 Å². The number of rotatable bonds is 4. The highest BCUT2D eigenvalue weighted by Crippen LogP contribution is 2.18. The molecule has 0 aromatic carbocycles. The van der Waals surface area contributed by atoms with Gasteiger partial charge in [-0.15, -0.1) is 0 Å². The van der Waals surface area contributed by atoms with Gasteiger partial charge in [-0.05, 0) is 19.8 Å². The summed E-state index contributed by atoms with van der Waals surface area (Å²) in [4.78, 5) is 12.0. The second kappa shape index (κ2) is 5.12. The van der Waals surface area contributed by atoms with Crippen molar-refractivity contribution >= 4 is 11.6 Å². The van der Waals surface area contributed by atoms with Crippen LogP contribution in [0.25, 0.3) is 0 Å². The van der Waals surface area contributed by atoms with Crippen LogP contribution in [-0.2, 0) is 4.79 Å². The first-order valence-electron chi connectivity index (χ1n) is 5.49. The minimum absolute atomic E-state index is 0.0369. The molecule has 0 saturated heterocycles. The summed E-state index contributed by atoms with van der Waals surface area (Å²) in [6.07, 6.45) is 0. The van der Waals surface area contributed by atoms with Crippen LogP contribution in [0.4, 0.5) is 5.69 Å². The van der Waals surface area contributed by atoms with Crippen molar-refractivity contribution in [1.29, 1.82) is 0 Å². The summed E-state index contributed by atoms with van der Waals surface area (Å²) in [5.41, 5.74) is 8.03. The standard InChI is InChI=1S/C11H20N4O/c1-6(2)9(5-12)11(16)13-10-7(3)14-15-8(10)4/h6,9H,5,12H2,1-4H3,(H,13,16)(H,14,15). The van der Waals surface area contributed by atoms with Gasteiger partial charge in [0.05, 0.1) is 23.0 Å². The van der Waals surface area contributed by atoms with Crippen LogP contribution in [0.2, 0.25) is 0 Å². The van der Waals surface area contributed by atoms with Crippen molar-refractivity contribution in [2.45, 2.75) is 27.7 Å². The van der Waals surface area contributed by atoms with Crippen LogP contribution in [0.15, 0.2) is 0 Å². The van der Waals surface area contributed by atoms with Gasteiger partial charge in [-0.1, -0.05) is 13.8 Å². The topological polar surface area (TPSA) is 83.8 Å². The van der Waals surface area contributed by atoms with Gasteiger partial charge in [0.15, 0.2) is 0 Å². The number of nitrogens with one attached hydrogen (secondary N) is 2. The highest BCUT2D eigenvalue weighted by Gasteiger charge is 2.22. The van der Waals surface area contributed by atoms with Gasteiger partial charge >= 0.3 is 0 Å². The Kier molecular flexibility index (Phi) is 4.06. The molecule has 4 N–H and O–H groups in total. The van der Waals surface area contributed by atoms with Crippen LogP contribution in [-0.4, -0.2) is 22.6 Å². The Hall–Kier alpha value is -1.36. The van der Waals surface area contributed by atoms with Crippen molar-refractivity contribution < 1.29 is 4.79 Å². The fraction of sp³-hybridized carbons (Fsp3) is 0.636. The average molecular weight is 224 g/mol. The highest BCUT2D eigenvalue weighted by atomic mass is 16.1. The second-order valence-electron chi connectivity index (χ2n) is 4.38. The number of anilines is 1. The van der Waals surface area contributed by atoms with E-state index in [1.807, 2.05) is 27.7 Å². The van der Waals surface area contributed by atoms with Crippen LogP contribution in [0.1, 0.15) is 25.2 Å². The minimum atomic E-state index is -0.159. The SMILES string of the molecule is Cc1n[nH]c(C)c1NC(=O)C(CN)C(C)C. The summed E-state index contributed by atoms with van der Waals surface area (Å²) in [7, 11) is 0. The molecular formula is C11H20N4O. The van der Waals surface area contributed by atoms with Crippen molar-refractivity contribution in [3.8, 4) is 0 Å². The van der Waals surface area contributed by atoms with E-state index in [1.54, 1.807) is 0 Å². The third-order valence-corrected chi connectivity index (χ3v) is 2.77. The zero-order valence-electron chi connectivity index (χ0n) is 10.3. The average Bonchev–Trinajstić information content (AvgIpc) is 2.50. The molecule has 1 rings (SSSR count). The van der Waals surface area contributed by atoms with Crippen LogP contribution in [0, 0.1) is 25.7 Å². The fourth-order valence-electron chi connectivity index (χ4n) is 1.63. The first-order valence-corrected chi connectivity index (χ1v) is 5.49. The molecule has 1 atom stereocenters. The molecular weight excluding hydrogens is 204 g/mol. The van der Waals surface area contributed by atoms with Crippen LogP contribution in [0.5, 0.6) is 0 Å². The molecule has 0 aliphatic rings. The number of amides is 1. The Bertz CT molecular complexity index is 351. The summed E-state index contributed by atoms with van der Waals surface area (Å²) in [5.74, 6) is 0.0383. The molecule has 5 heteroatoms. The van der Waals surface area contributed by atoms with E-state index in [2.05, 4.69) is 15.5 Å². The van der Waals surface area contributed by atoms with Crippen LogP contribution in [0.3, 0.4) is 0 Å². The third-order valence-electron chi connectivity index (χ3n) is 2.77. The molecule has 1 aromatic rings. The lowest BCUT2D eigenvalue weighted by Crippen LogP contribution is -2.33. The van der Waals surface area contributed by atoms with Crippen molar-refractivity contribution in [2.24, 2.45) is 17.6 Å². The Balaban J connectivity index is 2.78. The lowest BCUT2D eigenvalue weighted by atomic mass is 9.95. The van der Waals surface area contributed by atoms with E-state index >= 15 is 0 Å². The second-order valence-corrected chi connectivity index (χ2v) is 4.38. The lowest BCUT2D eigenvalue weighted by Gasteiger charge is -2.18. The fourth-order valence-corrected chi connectivity index (χ4v) is 1.63. The number of H-pyrrole nitrogens is 1. The lowest BCUT2D eigenvalue weighted by molar-refractivity contribution is -0.120. The summed E-state index contributed by atoms with van der Waals surface area (Å²) in [5, 5.41) is 9.74. The third kappa shape index (κ3) is 2.61. The van der Waals surface area contributed by atoms with E-state index in [4.69, 9.17) is 5.73 Å². The Labute approximate surface area is 95.8 Å². The maximum Gasteiger partial charge on any atom is 0.229 e. The van der Waals surface area contributed by atoms with E-state index in [1.165, 1.54) is 0 Å². The number of hydrogen-bond acceptors (Lipinski definition) is 3. The van der Waals surface area contributed by atoms with Crippen LogP contribution < -0.4 is 11.1 Å². The maximum atomic E-state index is 12.0. The van der Waals surface area contributed by atoms with Gasteiger partial charge in [0.2, 0.25) is 5.91 Å². The van der Waals surface area contributed by atoms with Gasteiger partial charge in [-0.2, -0.15) is 5.10 Å². The van der Waals surface area contributed by atoms with Gasteiger partial charge in [0.1, 0.15) is 0 Å². The molecule has 90 valence electrons. The van der Waals surface area contributed by atoms with Crippen LogP contribution >= 0.6 is 0 Å². The van der Waals surface area contributed by atoms with Gasteiger partial charge in [-0.25, -0.2) is 0 Å². The van der Waals surface area contributed by atoms with Gasteiger partial charge in [0.25, 0.3) is 0 Å². The molecule has 1 aromatic heterocycles. The molecule has 0 aliphatic heterocycles. The van der Waals surface area contributed by atoms with E-state index in [0.717, 1.165) is 17.1 Å².